The maximum Gasteiger partial charge on any atom is 0.345 e. The van der Waals surface area contributed by atoms with Crippen LogP contribution in [0.1, 0.15) is 79.8 Å². The average Bonchev–Trinajstić information content (AvgIpc) is 3.30. The third kappa shape index (κ3) is 12.5. The van der Waals surface area contributed by atoms with E-state index >= 15 is 0 Å². The summed E-state index contributed by atoms with van der Waals surface area (Å²) < 4.78 is 0. The molecule has 1 aromatic heterocycles. The number of rotatable bonds is 9. The van der Waals surface area contributed by atoms with Gasteiger partial charge in [0.1, 0.15) is 10.7 Å². The zero-order chi connectivity index (χ0) is 21.4. The molecule has 1 heterocycles. The van der Waals surface area contributed by atoms with Crippen LogP contribution in [0.25, 0.3) is 0 Å². The Morgan fingerprint density at radius 3 is 2.57 bits per heavy atom. The average molecular weight is 407 g/mol. The van der Waals surface area contributed by atoms with Gasteiger partial charge in [-0.3, -0.25) is 4.79 Å². The lowest BCUT2D eigenvalue weighted by atomic mass is 10.1. The summed E-state index contributed by atoms with van der Waals surface area (Å²) in [5, 5.41) is 17.6. The molecular weight excluding hydrogens is 372 g/mol. The van der Waals surface area contributed by atoms with Gasteiger partial charge in [0.05, 0.1) is 6.10 Å². The first kappa shape index (κ1) is 26.1. The van der Waals surface area contributed by atoms with Crippen LogP contribution in [-0.4, -0.2) is 28.1 Å². The number of carboxylic acid groups (broad SMARTS) is 1. The first-order valence-corrected chi connectivity index (χ1v) is 10.8. The number of terminal acetylenes is 1. The molecule has 28 heavy (non-hydrogen) atoms. The summed E-state index contributed by atoms with van der Waals surface area (Å²) in [7, 11) is 0. The molecule has 1 aromatic rings. The number of thiophene rings is 1. The molecule has 5 heteroatoms. The Morgan fingerprint density at radius 1 is 1.36 bits per heavy atom. The second-order valence-electron chi connectivity index (χ2n) is 6.92. The van der Waals surface area contributed by atoms with Crippen molar-refractivity contribution in [3.63, 3.8) is 0 Å². The number of Topliss-reactive ketones (excluding diaryl/α,β-unsaturated/α-hetero) is 1. The smallest absolute Gasteiger partial charge is 0.345 e. The highest BCUT2D eigenvalue weighted by Gasteiger charge is 2.18. The number of hydrogen-bond acceptors (Lipinski definition) is 4. The molecule has 0 spiro atoms. The Morgan fingerprint density at radius 2 is 2.07 bits per heavy atom. The second kappa shape index (κ2) is 16.1. The third-order valence-corrected chi connectivity index (χ3v) is 5.44. The van der Waals surface area contributed by atoms with Crippen molar-refractivity contribution in [2.75, 3.05) is 0 Å². The van der Waals surface area contributed by atoms with Gasteiger partial charge in [0.15, 0.2) is 0 Å². The Hall–Kier alpha value is -1.90. The van der Waals surface area contributed by atoms with E-state index in [4.69, 9.17) is 10.2 Å². The minimum Gasteiger partial charge on any atom is -0.477 e. The number of aliphatic hydroxyl groups excluding tert-OH is 1. The molecular formula is C23H34O4S. The summed E-state index contributed by atoms with van der Waals surface area (Å²) in [5.41, 5.74) is 0. The summed E-state index contributed by atoms with van der Waals surface area (Å²) in [6.45, 7) is 3.92. The van der Waals surface area contributed by atoms with Gasteiger partial charge in [-0.25, -0.2) is 4.79 Å². The molecule has 156 valence electrons. The van der Waals surface area contributed by atoms with E-state index in [1.54, 1.807) is 6.07 Å². The minimum atomic E-state index is -0.822. The van der Waals surface area contributed by atoms with Crippen LogP contribution >= 0.6 is 11.3 Å². The summed E-state index contributed by atoms with van der Waals surface area (Å²) in [6.07, 6.45) is 21.1. The molecule has 1 saturated carbocycles. The van der Waals surface area contributed by atoms with Crippen LogP contribution in [-0.2, 0) is 11.2 Å². The number of allylic oxidation sites excluding steroid dienone is 2. The molecule has 2 N–H and O–H groups in total. The van der Waals surface area contributed by atoms with Gasteiger partial charge in [-0.15, -0.1) is 24.2 Å². The van der Waals surface area contributed by atoms with Crippen molar-refractivity contribution < 1.29 is 19.8 Å². The van der Waals surface area contributed by atoms with E-state index < -0.39 is 5.97 Å². The standard InChI is InChI=1S/C13H22O2.C8H10O2S.C2H2/c1-11(14)6-4-2-3-5-7-12-8-9-13(15)10-12;1-2-3-6-4-5-7(11-6)8(9)10;1-2/h5,7,11-12,14H,2-4,6,8-10H2,1H3;4-5H,2-3H2,1H3,(H,9,10);1-2H/b7-5+;;/t11-,12+;;/m1../s1. The van der Waals surface area contributed by atoms with Crippen LogP contribution in [0.4, 0.5) is 0 Å². The molecule has 0 saturated heterocycles. The number of carboxylic acids is 1. The molecule has 1 fully saturated rings. The Balaban J connectivity index is 0.000000497. The quantitative estimate of drug-likeness (QED) is 0.322. The maximum atomic E-state index is 11.0. The van der Waals surface area contributed by atoms with E-state index in [9.17, 15) is 9.59 Å². The van der Waals surface area contributed by atoms with E-state index in [1.165, 1.54) is 11.3 Å². The van der Waals surface area contributed by atoms with Gasteiger partial charge in [-0.1, -0.05) is 31.9 Å². The number of hydrogen-bond donors (Lipinski definition) is 2. The molecule has 1 aliphatic carbocycles. The summed E-state index contributed by atoms with van der Waals surface area (Å²) in [6, 6.07) is 3.55. The van der Waals surface area contributed by atoms with Gasteiger partial charge in [-0.2, -0.15) is 0 Å². The minimum absolute atomic E-state index is 0.165. The number of unbranched alkanes of at least 4 members (excludes halogenated alkanes) is 2. The number of carbonyl (C=O) groups is 2. The van der Waals surface area contributed by atoms with Crippen molar-refractivity contribution in [2.45, 2.75) is 77.7 Å². The molecule has 0 radical (unpaired) electrons. The van der Waals surface area contributed by atoms with Crippen LogP contribution in [0.3, 0.4) is 0 Å². The monoisotopic (exact) mass is 406 g/mol. The van der Waals surface area contributed by atoms with E-state index in [0.717, 1.165) is 62.7 Å². The van der Waals surface area contributed by atoms with Crippen molar-refractivity contribution in [1.82, 2.24) is 0 Å². The maximum absolute atomic E-state index is 11.0. The van der Waals surface area contributed by atoms with E-state index in [2.05, 4.69) is 31.9 Å². The van der Waals surface area contributed by atoms with Crippen LogP contribution < -0.4 is 0 Å². The first-order valence-electron chi connectivity index (χ1n) is 9.94. The van der Waals surface area contributed by atoms with Crippen molar-refractivity contribution in [3.8, 4) is 12.8 Å². The number of ketones is 1. The van der Waals surface area contributed by atoms with E-state index in [1.807, 2.05) is 13.0 Å². The predicted molar refractivity (Wildman–Crippen MR) is 117 cm³/mol. The van der Waals surface area contributed by atoms with Crippen molar-refractivity contribution in [2.24, 2.45) is 5.92 Å². The van der Waals surface area contributed by atoms with Crippen molar-refractivity contribution >= 4 is 23.1 Å². The summed E-state index contributed by atoms with van der Waals surface area (Å²) >= 11 is 1.37. The van der Waals surface area contributed by atoms with Gasteiger partial charge in [0.2, 0.25) is 0 Å². The Bertz CT molecular complexity index is 613. The molecule has 0 unspecified atom stereocenters. The van der Waals surface area contributed by atoms with Crippen LogP contribution in [0, 0.1) is 18.8 Å². The summed E-state index contributed by atoms with van der Waals surface area (Å²) in [5.74, 6) is 0.102. The van der Waals surface area contributed by atoms with Gasteiger partial charge in [0.25, 0.3) is 0 Å². The molecule has 0 aliphatic heterocycles. The zero-order valence-corrected chi connectivity index (χ0v) is 17.9. The molecule has 0 aromatic carbocycles. The molecule has 0 bridgehead atoms. The lowest BCUT2D eigenvalue weighted by Gasteiger charge is -2.02. The van der Waals surface area contributed by atoms with Gasteiger partial charge in [0, 0.05) is 17.7 Å². The van der Waals surface area contributed by atoms with Gasteiger partial charge < -0.3 is 10.2 Å². The fourth-order valence-corrected chi connectivity index (χ4v) is 3.82. The van der Waals surface area contributed by atoms with Gasteiger partial charge in [-0.05, 0) is 57.1 Å². The number of aromatic carboxylic acids is 1. The van der Waals surface area contributed by atoms with Crippen LogP contribution in [0.15, 0.2) is 24.3 Å². The number of carbonyl (C=O) groups excluding carboxylic acids is 1. The van der Waals surface area contributed by atoms with Crippen LogP contribution in [0.2, 0.25) is 0 Å². The highest BCUT2D eigenvalue weighted by molar-refractivity contribution is 7.13. The second-order valence-corrected chi connectivity index (χ2v) is 8.09. The molecule has 0 amide bonds. The molecule has 1 aliphatic rings. The predicted octanol–water partition coefficient (Wildman–Crippen LogP) is 5.50. The van der Waals surface area contributed by atoms with Crippen LogP contribution in [0.5, 0.6) is 0 Å². The first-order chi connectivity index (χ1) is 13.4. The Labute approximate surface area is 173 Å². The van der Waals surface area contributed by atoms with Gasteiger partial charge >= 0.3 is 5.97 Å². The van der Waals surface area contributed by atoms with E-state index in [0.29, 0.717) is 16.6 Å². The molecule has 4 nitrogen and oxygen atoms in total. The largest absolute Gasteiger partial charge is 0.477 e. The SMILES string of the molecule is C#C.CCCc1ccc(C(=O)O)s1.C[C@@H](O)CCCC/C=C/[C@H]1CCC(=O)C1. The highest BCUT2D eigenvalue weighted by Crippen LogP contribution is 2.23. The third-order valence-electron chi connectivity index (χ3n) is 4.30. The lowest BCUT2D eigenvalue weighted by molar-refractivity contribution is -0.117. The van der Waals surface area contributed by atoms with E-state index in [-0.39, 0.29) is 6.10 Å². The normalized spacial score (nSPS) is 16.8. The van der Waals surface area contributed by atoms with Crippen molar-refractivity contribution in [3.05, 3.63) is 34.0 Å². The van der Waals surface area contributed by atoms with Crippen molar-refractivity contribution in [1.29, 1.82) is 0 Å². The molecule has 2 rings (SSSR count). The fourth-order valence-electron chi connectivity index (χ4n) is 2.87. The Kier molecular flexibility index (Phi) is 15.0. The number of aryl methyl sites for hydroxylation is 1. The lowest BCUT2D eigenvalue weighted by Crippen LogP contribution is -1.97. The number of aliphatic hydroxyl groups is 1. The fraction of sp³-hybridized carbons (Fsp3) is 0.565. The topological polar surface area (TPSA) is 74.6 Å². The summed E-state index contributed by atoms with van der Waals surface area (Å²) in [4.78, 5) is 23.0. The molecule has 2 atom stereocenters. The zero-order valence-electron chi connectivity index (χ0n) is 17.1. The highest BCUT2D eigenvalue weighted by atomic mass is 32.1.